The summed E-state index contributed by atoms with van der Waals surface area (Å²) in [6.07, 6.45) is 1.70. The number of oxazole rings is 1. The molecule has 7 heteroatoms. The van der Waals surface area contributed by atoms with E-state index in [1.54, 1.807) is 36.4 Å². The highest BCUT2D eigenvalue weighted by Crippen LogP contribution is 2.39. The van der Waals surface area contributed by atoms with Crippen LogP contribution in [-0.2, 0) is 0 Å². The molecule has 0 fully saturated rings. The molecule has 6 nitrogen and oxygen atoms in total. The molecule has 0 aliphatic rings. The average molecular weight is 450 g/mol. The number of methoxy groups -OCH3 is 3. The highest BCUT2D eigenvalue weighted by molar-refractivity contribution is 6.32. The first-order valence-corrected chi connectivity index (χ1v) is 10.1. The Kier molecular flexibility index (Phi) is 6.14. The zero-order valence-electron chi connectivity index (χ0n) is 17.7. The minimum Gasteiger partial charge on any atom is -0.493 e. The molecule has 4 rings (SSSR count). The highest BCUT2D eigenvalue weighted by Gasteiger charge is 2.24. The molecule has 4 aromatic rings. The summed E-state index contributed by atoms with van der Waals surface area (Å²) in [6, 6.07) is 17.7. The number of Topliss-reactive ketones (excluding diaryl/α,β-unsaturated/α-hetero) is 1. The Bertz CT molecular complexity index is 1270. The van der Waals surface area contributed by atoms with E-state index in [-0.39, 0.29) is 17.2 Å². The molecule has 3 aromatic carbocycles. The number of halogens is 1. The van der Waals surface area contributed by atoms with Gasteiger partial charge in [0.15, 0.2) is 22.9 Å². The summed E-state index contributed by atoms with van der Waals surface area (Å²) in [5.74, 6) is 1.01. The molecule has 0 spiro atoms. The number of fused-ring (bicyclic) bond motifs is 1. The summed E-state index contributed by atoms with van der Waals surface area (Å²) in [5, 5.41) is 0.552. The first-order chi connectivity index (χ1) is 15.5. The fourth-order valence-corrected chi connectivity index (χ4v) is 3.54. The number of nitrogens with zero attached hydrogens (tertiary/aromatic N) is 1. The summed E-state index contributed by atoms with van der Waals surface area (Å²) < 4.78 is 22.1. The van der Waals surface area contributed by atoms with Crippen LogP contribution in [0.3, 0.4) is 0 Å². The molecule has 0 radical (unpaired) electrons. The molecule has 0 aliphatic heterocycles. The molecule has 0 atom stereocenters. The Morgan fingerprint density at radius 1 is 0.938 bits per heavy atom. The van der Waals surface area contributed by atoms with Crippen LogP contribution in [0.1, 0.15) is 21.8 Å². The second kappa shape index (κ2) is 9.16. The van der Waals surface area contributed by atoms with Crippen molar-refractivity contribution < 1.29 is 23.4 Å². The van der Waals surface area contributed by atoms with Crippen LogP contribution in [0, 0.1) is 0 Å². The van der Waals surface area contributed by atoms with Crippen LogP contribution in [0.5, 0.6) is 17.2 Å². The van der Waals surface area contributed by atoms with Gasteiger partial charge in [0.2, 0.25) is 11.6 Å². The van der Waals surface area contributed by atoms with E-state index in [2.05, 4.69) is 4.98 Å². The van der Waals surface area contributed by atoms with Gasteiger partial charge in [-0.1, -0.05) is 35.9 Å². The third-order valence-corrected chi connectivity index (χ3v) is 5.09. The number of hydrogen-bond acceptors (Lipinski definition) is 6. The summed E-state index contributed by atoms with van der Waals surface area (Å²) in [4.78, 5) is 18.2. The smallest absolute Gasteiger partial charge is 0.231 e. The summed E-state index contributed by atoms with van der Waals surface area (Å²) >= 11 is 6.15. The number of rotatable bonds is 7. The quantitative estimate of drug-likeness (QED) is 0.257. The van der Waals surface area contributed by atoms with Crippen molar-refractivity contribution in [1.82, 2.24) is 4.98 Å². The van der Waals surface area contributed by atoms with Crippen LogP contribution >= 0.6 is 11.6 Å². The van der Waals surface area contributed by atoms with Gasteiger partial charge in [-0.15, -0.1) is 0 Å². The van der Waals surface area contributed by atoms with Gasteiger partial charge in [-0.25, -0.2) is 4.98 Å². The Balaban J connectivity index is 1.89. The lowest BCUT2D eigenvalue weighted by atomic mass is 10.00. The van der Waals surface area contributed by atoms with Gasteiger partial charge in [-0.3, -0.25) is 4.79 Å². The largest absolute Gasteiger partial charge is 0.493 e. The molecular weight excluding hydrogens is 430 g/mol. The molecule has 0 N–H and O–H groups in total. The molecule has 0 saturated carbocycles. The van der Waals surface area contributed by atoms with Gasteiger partial charge in [-0.05, 0) is 48.0 Å². The zero-order valence-corrected chi connectivity index (χ0v) is 18.5. The van der Waals surface area contributed by atoms with Crippen molar-refractivity contribution in [3.8, 4) is 17.2 Å². The molecule has 162 valence electrons. The molecule has 0 aliphatic carbocycles. The van der Waals surface area contributed by atoms with E-state index in [9.17, 15) is 4.79 Å². The van der Waals surface area contributed by atoms with Crippen molar-refractivity contribution in [2.24, 2.45) is 0 Å². The van der Waals surface area contributed by atoms with E-state index in [4.69, 9.17) is 30.2 Å². The van der Waals surface area contributed by atoms with Gasteiger partial charge in [0.05, 0.1) is 26.9 Å². The first-order valence-electron chi connectivity index (χ1n) is 9.72. The Labute approximate surface area is 190 Å². The maximum absolute atomic E-state index is 13.7. The van der Waals surface area contributed by atoms with Crippen molar-refractivity contribution in [1.29, 1.82) is 0 Å². The molecule has 1 heterocycles. The SMILES string of the molecule is COc1cc(C(=O)/C(=C\c2cccc(Cl)c2)c2nc3ccccc3o2)cc(OC)c1OC. The van der Waals surface area contributed by atoms with Gasteiger partial charge in [0.1, 0.15) is 5.52 Å². The van der Waals surface area contributed by atoms with Crippen LogP contribution in [0.4, 0.5) is 0 Å². The minimum absolute atomic E-state index is 0.199. The van der Waals surface area contributed by atoms with Crippen LogP contribution < -0.4 is 14.2 Å². The fourth-order valence-electron chi connectivity index (χ4n) is 3.34. The van der Waals surface area contributed by atoms with Crippen molar-refractivity contribution in [3.63, 3.8) is 0 Å². The number of carbonyl (C=O) groups is 1. The average Bonchev–Trinajstić information content (AvgIpc) is 3.25. The van der Waals surface area contributed by atoms with E-state index in [0.717, 1.165) is 5.56 Å². The lowest BCUT2D eigenvalue weighted by Gasteiger charge is -2.14. The molecule has 1 aromatic heterocycles. The van der Waals surface area contributed by atoms with Crippen LogP contribution in [-0.4, -0.2) is 32.1 Å². The number of para-hydroxylation sites is 2. The zero-order chi connectivity index (χ0) is 22.7. The van der Waals surface area contributed by atoms with Gasteiger partial charge in [0.25, 0.3) is 0 Å². The number of benzene rings is 3. The number of allylic oxidation sites excluding steroid dienone is 1. The van der Waals surface area contributed by atoms with E-state index >= 15 is 0 Å². The van der Waals surface area contributed by atoms with E-state index in [0.29, 0.717) is 38.9 Å². The van der Waals surface area contributed by atoms with Crippen molar-refractivity contribution in [2.45, 2.75) is 0 Å². The maximum atomic E-state index is 13.7. The number of hydrogen-bond donors (Lipinski definition) is 0. The standard InChI is InChI=1S/C25H20ClNO5/c1-29-21-13-16(14-22(30-2)24(21)31-3)23(28)18(12-15-7-6-8-17(26)11-15)25-27-19-9-4-5-10-20(19)32-25/h4-14H,1-3H3/b18-12+. The number of ketones is 1. The molecule has 0 unspecified atom stereocenters. The normalized spacial score (nSPS) is 11.4. The van der Waals surface area contributed by atoms with Gasteiger partial charge < -0.3 is 18.6 Å². The van der Waals surface area contributed by atoms with Gasteiger partial charge in [-0.2, -0.15) is 0 Å². The summed E-state index contributed by atoms with van der Waals surface area (Å²) in [5.41, 5.74) is 2.55. The predicted molar refractivity (Wildman–Crippen MR) is 124 cm³/mol. The van der Waals surface area contributed by atoms with E-state index in [1.165, 1.54) is 21.3 Å². The maximum Gasteiger partial charge on any atom is 0.231 e. The first kappa shape index (κ1) is 21.5. The Hall–Kier alpha value is -3.77. The lowest BCUT2D eigenvalue weighted by molar-refractivity contribution is 0.105. The number of carbonyl (C=O) groups excluding carboxylic acids is 1. The predicted octanol–water partition coefficient (Wildman–Crippen LogP) is 5.93. The fraction of sp³-hybridized carbons (Fsp3) is 0.120. The van der Waals surface area contributed by atoms with Crippen molar-refractivity contribution in [3.05, 3.63) is 82.7 Å². The topological polar surface area (TPSA) is 70.8 Å². The Morgan fingerprint density at radius 3 is 2.28 bits per heavy atom. The molecule has 0 amide bonds. The monoisotopic (exact) mass is 449 g/mol. The van der Waals surface area contributed by atoms with Crippen LogP contribution in [0.15, 0.2) is 65.1 Å². The van der Waals surface area contributed by atoms with Crippen LogP contribution in [0.25, 0.3) is 22.7 Å². The minimum atomic E-state index is -0.323. The molecule has 32 heavy (non-hydrogen) atoms. The van der Waals surface area contributed by atoms with E-state index in [1.807, 2.05) is 30.3 Å². The second-order valence-corrected chi connectivity index (χ2v) is 7.28. The molecule has 0 saturated heterocycles. The third kappa shape index (κ3) is 4.18. The van der Waals surface area contributed by atoms with Crippen molar-refractivity contribution in [2.75, 3.05) is 21.3 Å². The lowest BCUT2D eigenvalue weighted by Crippen LogP contribution is -2.05. The highest BCUT2D eigenvalue weighted by atomic mass is 35.5. The molecule has 0 bridgehead atoms. The third-order valence-electron chi connectivity index (χ3n) is 4.86. The summed E-state index contributed by atoms with van der Waals surface area (Å²) in [6.45, 7) is 0. The number of aromatic nitrogens is 1. The summed E-state index contributed by atoms with van der Waals surface area (Å²) in [7, 11) is 4.49. The van der Waals surface area contributed by atoms with E-state index < -0.39 is 0 Å². The van der Waals surface area contributed by atoms with Gasteiger partial charge in [0, 0.05) is 10.6 Å². The second-order valence-electron chi connectivity index (χ2n) is 6.84. The van der Waals surface area contributed by atoms with Gasteiger partial charge >= 0.3 is 0 Å². The Morgan fingerprint density at radius 2 is 1.66 bits per heavy atom. The molecular formula is C25H20ClNO5. The number of ether oxygens (including phenoxy) is 3. The van der Waals surface area contributed by atoms with Crippen molar-refractivity contribution >= 4 is 40.1 Å². The van der Waals surface area contributed by atoms with Crippen LogP contribution in [0.2, 0.25) is 5.02 Å².